The van der Waals surface area contributed by atoms with Crippen molar-refractivity contribution in [3.05, 3.63) is 152 Å². The zero-order chi connectivity index (χ0) is 86.5. The van der Waals surface area contributed by atoms with Crippen molar-refractivity contribution in [2.24, 2.45) is 0 Å². The second-order valence-corrected chi connectivity index (χ2v) is 120. The molecule has 0 spiro atoms. The zero-order valence-corrected chi connectivity index (χ0v) is 105. The summed E-state index contributed by atoms with van der Waals surface area (Å²) in [5.41, 5.74) is 19.7. The van der Waals surface area contributed by atoms with Crippen molar-refractivity contribution in [3.63, 3.8) is 0 Å². The summed E-state index contributed by atoms with van der Waals surface area (Å²) in [4.78, 5) is 0. The van der Waals surface area contributed by atoms with Crippen LogP contribution in [0.25, 0.3) is 12.2 Å². The minimum atomic E-state index is -1.54. The predicted molar refractivity (Wildman–Crippen MR) is 571 cm³/mol. The molecule has 33 heteroatoms. The van der Waals surface area contributed by atoms with E-state index < -0.39 is 158 Å². The van der Waals surface area contributed by atoms with Crippen LogP contribution in [-0.2, 0) is 53.2 Å². The maximum absolute atomic E-state index is 6.48. The van der Waals surface area contributed by atoms with E-state index in [1.54, 1.807) is 35.8 Å². The molecule has 0 amide bonds. The number of benzene rings is 2. The molecule has 0 aliphatic rings. The standard InChI is InChI=1S/C18H40O3Si6.3C16H38O2Si4.C13H26O2Si4/c1-9-17-10-12-18(13-11-17)14-22-20-26(5,6)16-24-21-27(7,8)15-23-19-25(2,3)4;3*1-16(2)10-12-17-11-9-13-19-14-22(7,8)15-20(3)18-21(4,5)6;1-6-12-7-9-13(10-8-12)17-15-19(4,5)11-16-14-18(2)3/h9-13H,1,14-16,22-24H2,2-8H3;3*10,12,20H,1,9,11,13-15,19H2,2-8H3;6-10,18H,1,11,16-17H2,2-5H3. The van der Waals surface area contributed by atoms with Gasteiger partial charge < -0.3 is 47.1 Å². The molecular weight excluding hydrogens is 1740 g/mol. The molecule has 650 valence electrons. The third-order valence-electron chi connectivity index (χ3n) is 17.9. The zero-order valence-electron chi connectivity index (χ0n) is 79.2. The first-order valence-electron chi connectivity index (χ1n) is 42.9. The topological polar surface area (TPSA) is 102 Å². The summed E-state index contributed by atoms with van der Waals surface area (Å²) in [6, 6.07) is 22.7. The average Bonchev–Trinajstić information content (AvgIpc) is 0.915. The lowest BCUT2D eigenvalue weighted by atomic mass is 10.1. The summed E-state index contributed by atoms with van der Waals surface area (Å²) >= 11 is 0. The number of ether oxygens (including phenoxy) is 3. The van der Waals surface area contributed by atoms with Gasteiger partial charge in [0.2, 0.25) is 0 Å². The molecular formula is C79H180O11Si22. The largest absolute Gasteiger partial charge is 0.501 e. The smallest absolute Gasteiger partial charge is 0.178 e. The molecule has 2 rings (SSSR count). The fraction of sp³-hybridized carbons (Fsp3) is 0.646. The van der Waals surface area contributed by atoms with Crippen molar-refractivity contribution in [1.82, 2.24) is 0 Å². The SMILES string of the molecule is C=C(C)C=COCCC[SiH2]C[Si](C)(C)C[SiH](C)O[Si](C)(C)C.C=C(C)C=COCCC[SiH2]C[Si](C)(C)C[SiH](C)O[Si](C)(C)C.C=C(C)C=COCCC[SiH2]C[Si](C)(C)C[SiH](C)O[Si](C)(C)C.C=Cc1ccc(C[SiH2]O[Si](C)(C)C[SiH2]O[Si](C)(C)C[SiH2]O[Si](C)(C)C)cc1.C=Cc1ccc([SiH2]O[Si](C)(C)C[SiH2]O[SiH](C)C)cc1. The van der Waals surface area contributed by atoms with Crippen molar-refractivity contribution >= 4 is 213 Å². The average molecular weight is 1920 g/mol. The molecule has 0 aliphatic heterocycles. The van der Waals surface area contributed by atoms with E-state index in [-0.39, 0.29) is 38.3 Å². The molecule has 0 aromatic heterocycles. The van der Waals surface area contributed by atoms with Crippen LogP contribution in [0.5, 0.6) is 0 Å². The van der Waals surface area contributed by atoms with Crippen LogP contribution in [0.15, 0.2) is 135 Å². The Labute approximate surface area is 730 Å². The summed E-state index contributed by atoms with van der Waals surface area (Å²) in [5.74, 6) is 0. The van der Waals surface area contributed by atoms with Crippen LogP contribution in [0, 0.1) is 0 Å². The third kappa shape index (κ3) is 82.5. The van der Waals surface area contributed by atoms with Crippen molar-refractivity contribution in [2.75, 3.05) is 19.8 Å². The number of allylic oxidation sites excluding steroid dienone is 6. The van der Waals surface area contributed by atoms with E-state index in [2.05, 4.69) is 271 Å². The van der Waals surface area contributed by atoms with Gasteiger partial charge in [-0.3, -0.25) is 0 Å². The van der Waals surface area contributed by atoms with E-state index >= 15 is 0 Å². The van der Waals surface area contributed by atoms with Crippen LogP contribution >= 0.6 is 0 Å². The second kappa shape index (κ2) is 62.3. The van der Waals surface area contributed by atoms with Gasteiger partial charge in [-0.25, -0.2) is 0 Å². The molecule has 0 radical (unpaired) electrons. The van der Waals surface area contributed by atoms with Crippen LogP contribution in [0.4, 0.5) is 0 Å². The van der Waals surface area contributed by atoms with Gasteiger partial charge in [-0.15, -0.1) is 0 Å². The van der Waals surface area contributed by atoms with Crippen LogP contribution in [0.3, 0.4) is 0 Å². The molecule has 0 aliphatic carbocycles. The summed E-state index contributed by atoms with van der Waals surface area (Å²) < 4.78 is 66.8. The molecule has 0 saturated heterocycles. The number of hydrogen-bond donors (Lipinski definition) is 0. The Kier molecular flexibility index (Phi) is 64.8. The van der Waals surface area contributed by atoms with Crippen molar-refractivity contribution < 1.29 is 47.1 Å². The lowest BCUT2D eigenvalue weighted by Crippen LogP contribution is -2.40. The van der Waals surface area contributed by atoms with Gasteiger partial charge in [0, 0.05) is 52.8 Å². The maximum Gasteiger partial charge on any atom is 0.178 e. The molecule has 11 nitrogen and oxygen atoms in total. The Morgan fingerprint density at radius 1 is 0.375 bits per heavy atom. The lowest BCUT2D eigenvalue weighted by molar-refractivity contribution is 0.249. The summed E-state index contributed by atoms with van der Waals surface area (Å²) in [6.45, 7) is 96.6. The minimum absolute atomic E-state index is 0.0905. The van der Waals surface area contributed by atoms with Crippen LogP contribution in [-0.4, -0.2) is 216 Å². The Morgan fingerprint density at radius 3 is 0.982 bits per heavy atom. The van der Waals surface area contributed by atoms with Crippen LogP contribution < -0.4 is 5.19 Å². The van der Waals surface area contributed by atoms with Crippen molar-refractivity contribution in [3.8, 4) is 0 Å². The molecule has 0 fully saturated rings. The van der Waals surface area contributed by atoms with Crippen molar-refractivity contribution in [1.29, 1.82) is 0 Å². The summed E-state index contributed by atoms with van der Waals surface area (Å²) in [7, 11) is -18.5. The molecule has 2 aromatic rings. The fourth-order valence-electron chi connectivity index (χ4n) is 12.4. The Hall–Kier alpha value is 0.211. The van der Waals surface area contributed by atoms with Gasteiger partial charge in [0.1, 0.15) is 29.3 Å². The Balaban J connectivity index is -0.00000133. The molecule has 3 atom stereocenters. The van der Waals surface area contributed by atoms with E-state index in [4.69, 9.17) is 47.1 Å². The van der Waals surface area contributed by atoms with E-state index in [0.717, 1.165) is 42.6 Å². The minimum Gasteiger partial charge on any atom is -0.501 e. The van der Waals surface area contributed by atoms with Gasteiger partial charge in [-0.1, -0.05) is 185 Å². The highest BCUT2D eigenvalue weighted by Gasteiger charge is 2.32. The molecule has 0 saturated carbocycles. The Bertz CT molecular complexity index is 2730. The third-order valence-corrected chi connectivity index (χ3v) is 113. The normalized spacial score (nSPS) is 14.4. The van der Waals surface area contributed by atoms with Gasteiger partial charge >= 0.3 is 0 Å². The first kappa shape index (κ1) is 116. The van der Waals surface area contributed by atoms with E-state index in [9.17, 15) is 0 Å². The number of rotatable bonds is 57. The summed E-state index contributed by atoms with van der Waals surface area (Å²) in [6.07, 6.45) is 18.6. The second-order valence-electron chi connectivity index (χ2n) is 39.8. The van der Waals surface area contributed by atoms with Crippen LogP contribution in [0.2, 0.25) is 259 Å². The van der Waals surface area contributed by atoms with E-state index in [0.29, 0.717) is 0 Å². The van der Waals surface area contributed by atoms with E-state index in [1.807, 2.05) is 51.2 Å². The van der Waals surface area contributed by atoms with Gasteiger partial charge in [-0.2, -0.15) is 0 Å². The first-order chi connectivity index (χ1) is 51.4. The predicted octanol–water partition coefficient (Wildman–Crippen LogP) is 18.0. The van der Waals surface area contributed by atoms with Gasteiger partial charge in [-0.05, 0) is 271 Å². The highest BCUT2D eigenvalue weighted by Crippen LogP contribution is 2.24. The fourth-order valence-corrected chi connectivity index (χ4v) is 101. The monoisotopic (exact) mass is 1920 g/mol. The highest BCUT2D eigenvalue weighted by atomic mass is 28.5. The quantitative estimate of drug-likeness (QED) is 0.0274. The summed E-state index contributed by atoms with van der Waals surface area (Å²) in [5, 5.41) is 1.38. The molecule has 3 unspecified atom stereocenters. The molecule has 2 aromatic carbocycles. The Morgan fingerprint density at radius 2 is 0.679 bits per heavy atom. The lowest BCUT2D eigenvalue weighted by Gasteiger charge is -2.29. The van der Waals surface area contributed by atoms with Crippen molar-refractivity contribution in [2.45, 2.75) is 305 Å². The molecule has 0 heterocycles. The van der Waals surface area contributed by atoms with E-state index in [1.165, 1.54) is 93.3 Å². The molecule has 0 bridgehead atoms. The first-order valence-corrected chi connectivity index (χ1v) is 99.8. The van der Waals surface area contributed by atoms with Gasteiger partial charge in [0.15, 0.2) is 114 Å². The van der Waals surface area contributed by atoms with Gasteiger partial charge in [0.25, 0.3) is 0 Å². The molecule has 0 N–H and O–H groups in total. The number of hydrogen-bond acceptors (Lipinski definition) is 11. The molecule has 112 heavy (non-hydrogen) atoms. The van der Waals surface area contributed by atoms with Gasteiger partial charge in [0.05, 0.1) is 38.6 Å². The highest BCUT2D eigenvalue weighted by molar-refractivity contribution is 6.95. The maximum atomic E-state index is 6.48. The van der Waals surface area contributed by atoms with Crippen LogP contribution in [0.1, 0.15) is 56.7 Å².